The summed E-state index contributed by atoms with van der Waals surface area (Å²) in [5.74, 6) is 0.193. The number of aromatic nitrogens is 2. The van der Waals surface area contributed by atoms with E-state index in [9.17, 15) is 4.79 Å². The van der Waals surface area contributed by atoms with Crippen LogP contribution in [0, 0.1) is 6.92 Å². The van der Waals surface area contributed by atoms with E-state index in [-0.39, 0.29) is 12.1 Å². The molecule has 1 aromatic rings. The average molecular weight is 238 g/mol. The minimum atomic E-state index is -0.388. The molecule has 1 rings (SSSR count). The number of rotatable bonds is 5. The summed E-state index contributed by atoms with van der Waals surface area (Å²) < 4.78 is 10.3. The molecule has 0 saturated carbocycles. The number of carbonyl (C=O) groups excluding carboxylic acids is 1. The summed E-state index contributed by atoms with van der Waals surface area (Å²) in [6.45, 7) is 8.26. The van der Waals surface area contributed by atoms with E-state index in [2.05, 4.69) is 9.97 Å². The van der Waals surface area contributed by atoms with Crippen LogP contribution in [0.5, 0.6) is 0 Å². The number of esters is 1. The maximum Gasteiger partial charge on any atom is 0.341 e. The van der Waals surface area contributed by atoms with Crippen molar-refractivity contribution in [3.8, 4) is 0 Å². The third kappa shape index (κ3) is 3.49. The third-order valence-electron chi connectivity index (χ3n) is 2.27. The molecule has 0 bridgehead atoms. The number of hydrogen-bond donors (Lipinski definition) is 0. The molecule has 5 nitrogen and oxygen atoms in total. The van der Waals surface area contributed by atoms with Crippen LogP contribution in [-0.2, 0) is 9.47 Å². The van der Waals surface area contributed by atoms with Crippen LogP contribution < -0.4 is 0 Å². The van der Waals surface area contributed by atoms with Crippen LogP contribution in [0.2, 0.25) is 0 Å². The van der Waals surface area contributed by atoms with Gasteiger partial charge in [0, 0.05) is 12.8 Å². The molecule has 1 atom stereocenters. The Labute approximate surface area is 101 Å². The smallest absolute Gasteiger partial charge is 0.341 e. The second-order valence-corrected chi connectivity index (χ2v) is 3.55. The molecule has 5 heteroatoms. The van der Waals surface area contributed by atoms with Crippen molar-refractivity contribution in [1.82, 2.24) is 9.97 Å². The highest BCUT2D eigenvalue weighted by molar-refractivity contribution is 5.90. The van der Waals surface area contributed by atoms with Gasteiger partial charge < -0.3 is 9.47 Å². The molecule has 0 aliphatic rings. The van der Waals surface area contributed by atoms with Gasteiger partial charge in [-0.05, 0) is 27.7 Å². The molecule has 0 N–H and O–H groups in total. The van der Waals surface area contributed by atoms with E-state index in [0.717, 1.165) is 0 Å². The minimum Gasteiger partial charge on any atom is -0.462 e. The van der Waals surface area contributed by atoms with Gasteiger partial charge in [0.05, 0.1) is 17.9 Å². The molecule has 0 fully saturated rings. The van der Waals surface area contributed by atoms with Crippen molar-refractivity contribution < 1.29 is 14.3 Å². The SMILES string of the molecule is CCOC(=O)c1cnc(C(C)OCC)nc1C. The lowest BCUT2D eigenvalue weighted by atomic mass is 10.2. The van der Waals surface area contributed by atoms with Gasteiger partial charge in [0.25, 0.3) is 0 Å². The van der Waals surface area contributed by atoms with E-state index >= 15 is 0 Å². The van der Waals surface area contributed by atoms with Crippen LogP contribution in [0.1, 0.15) is 48.8 Å². The van der Waals surface area contributed by atoms with Gasteiger partial charge in [0.2, 0.25) is 0 Å². The molecule has 0 aliphatic heterocycles. The van der Waals surface area contributed by atoms with Gasteiger partial charge in [-0.1, -0.05) is 0 Å². The van der Waals surface area contributed by atoms with Crippen LogP contribution in [0.4, 0.5) is 0 Å². The zero-order valence-corrected chi connectivity index (χ0v) is 10.7. The van der Waals surface area contributed by atoms with Crippen molar-refractivity contribution in [3.05, 3.63) is 23.3 Å². The summed E-state index contributed by atoms with van der Waals surface area (Å²) in [7, 11) is 0. The third-order valence-corrected chi connectivity index (χ3v) is 2.27. The molecular weight excluding hydrogens is 220 g/mol. The first-order valence-corrected chi connectivity index (χ1v) is 5.72. The summed E-state index contributed by atoms with van der Waals surface area (Å²) in [5, 5.41) is 0. The second-order valence-electron chi connectivity index (χ2n) is 3.55. The molecular formula is C12H18N2O3. The van der Waals surface area contributed by atoms with Gasteiger partial charge in [-0.15, -0.1) is 0 Å². The lowest BCUT2D eigenvalue weighted by Crippen LogP contribution is -2.12. The number of carbonyl (C=O) groups is 1. The van der Waals surface area contributed by atoms with Crippen LogP contribution in [-0.4, -0.2) is 29.2 Å². The summed E-state index contributed by atoms with van der Waals surface area (Å²) in [5.41, 5.74) is 1.01. The summed E-state index contributed by atoms with van der Waals surface area (Å²) in [6, 6.07) is 0. The van der Waals surface area contributed by atoms with Crippen molar-refractivity contribution in [2.45, 2.75) is 33.8 Å². The van der Waals surface area contributed by atoms with Crippen molar-refractivity contribution in [2.75, 3.05) is 13.2 Å². The maximum atomic E-state index is 11.5. The number of nitrogens with zero attached hydrogens (tertiary/aromatic N) is 2. The van der Waals surface area contributed by atoms with Crippen molar-refractivity contribution in [1.29, 1.82) is 0 Å². The predicted octanol–water partition coefficient (Wildman–Crippen LogP) is 2.06. The second kappa shape index (κ2) is 6.30. The molecule has 0 saturated heterocycles. The maximum absolute atomic E-state index is 11.5. The van der Waals surface area contributed by atoms with Crippen LogP contribution in [0.3, 0.4) is 0 Å². The predicted molar refractivity (Wildman–Crippen MR) is 62.8 cm³/mol. The highest BCUT2D eigenvalue weighted by Gasteiger charge is 2.15. The number of aryl methyl sites for hydroxylation is 1. The molecule has 0 aliphatic carbocycles. The highest BCUT2D eigenvalue weighted by Crippen LogP contribution is 2.14. The molecule has 1 unspecified atom stereocenters. The van der Waals surface area contributed by atoms with E-state index < -0.39 is 0 Å². The minimum absolute atomic E-state index is 0.171. The highest BCUT2D eigenvalue weighted by atomic mass is 16.5. The van der Waals surface area contributed by atoms with Crippen molar-refractivity contribution in [3.63, 3.8) is 0 Å². The molecule has 1 heterocycles. The largest absolute Gasteiger partial charge is 0.462 e. The first-order chi connectivity index (χ1) is 8.10. The van der Waals surface area contributed by atoms with E-state index in [4.69, 9.17) is 9.47 Å². The summed E-state index contributed by atoms with van der Waals surface area (Å²) >= 11 is 0. The standard InChI is InChI=1S/C12H18N2O3/c1-5-16-9(4)11-13-7-10(8(3)14-11)12(15)17-6-2/h7,9H,5-6H2,1-4H3. The van der Waals surface area contributed by atoms with E-state index in [1.807, 2.05) is 13.8 Å². The van der Waals surface area contributed by atoms with E-state index in [1.165, 1.54) is 6.20 Å². The molecule has 0 aromatic carbocycles. The fourth-order valence-corrected chi connectivity index (χ4v) is 1.41. The Morgan fingerprint density at radius 3 is 2.65 bits per heavy atom. The first kappa shape index (κ1) is 13.6. The Hall–Kier alpha value is -1.49. The Morgan fingerprint density at radius 2 is 2.12 bits per heavy atom. The van der Waals surface area contributed by atoms with Gasteiger partial charge >= 0.3 is 5.97 Å². The molecule has 1 aromatic heterocycles. The number of hydrogen-bond acceptors (Lipinski definition) is 5. The Morgan fingerprint density at radius 1 is 1.41 bits per heavy atom. The van der Waals surface area contributed by atoms with Gasteiger partial charge in [0.15, 0.2) is 5.82 Å². The Balaban J connectivity index is 2.89. The summed E-state index contributed by atoms with van der Waals surface area (Å²) in [6.07, 6.45) is 1.32. The Kier molecular flexibility index (Phi) is 5.03. The zero-order valence-electron chi connectivity index (χ0n) is 10.7. The molecule has 0 radical (unpaired) electrons. The normalized spacial score (nSPS) is 12.2. The lowest BCUT2D eigenvalue weighted by molar-refractivity contribution is 0.0521. The van der Waals surface area contributed by atoms with Crippen LogP contribution in [0.15, 0.2) is 6.20 Å². The lowest BCUT2D eigenvalue weighted by Gasteiger charge is -2.11. The Bertz CT molecular complexity index is 393. The van der Waals surface area contributed by atoms with Crippen LogP contribution in [0.25, 0.3) is 0 Å². The molecule has 0 spiro atoms. The summed E-state index contributed by atoms with van der Waals surface area (Å²) in [4.78, 5) is 19.9. The molecule has 94 valence electrons. The van der Waals surface area contributed by atoms with Crippen molar-refractivity contribution in [2.24, 2.45) is 0 Å². The zero-order chi connectivity index (χ0) is 12.8. The average Bonchev–Trinajstić information content (AvgIpc) is 2.29. The van der Waals surface area contributed by atoms with Gasteiger partial charge in [-0.3, -0.25) is 0 Å². The monoisotopic (exact) mass is 238 g/mol. The van der Waals surface area contributed by atoms with E-state index in [0.29, 0.717) is 30.3 Å². The first-order valence-electron chi connectivity index (χ1n) is 5.72. The van der Waals surface area contributed by atoms with E-state index in [1.54, 1.807) is 13.8 Å². The van der Waals surface area contributed by atoms with Crippen LogP contribution >= 0.6 is 0 Å². The molecule has 0 amide bonds. The number of ether oxygens (including phenoxy) is 2. The van der Waals surface area contributed by atoms with Gasteiger partial charge in [-0.2, -0.15) is 0 Å². The van der Waals surface area contributed by atoms with Gasteiger partial charge in [-0.25, -0.2) is 14.8 Å². The fourth-order valence-electron chi connectivity index (χ4n) is 1.41. The fraction of sp³-hybridized carbons (Fsp3) is 0.583. The topological polar surface area (TPSA) is 61.3 Å². The quantitative estimate of drug-likeness (QED) is 0.735. The van der Waals surface area contributed by atoms with Gasteiger partial charge in [0.1, 0.15) is 6.10 Å². The molecule has 17 heavy (non-hydrogen) atoms. The van der Waals surface area contributed by atoms with Crippen molar-refractivity contribution >= 4 is 5.97 Å².